The third kappa shape index (κ3) is 3.96. The second-order valence-electron chi connectivity index (χ2n) is 5.23. The maximum atomic E-state index is 12.0. The molecule has 1 heterocycles. The summed E-state index contributed by atoms with van der Waals surface area (Å²) in [6.07, 6.45) is 4.83. The molecular weight excluding hydrogens is 238 g/mol. The van der Waals surface area contributed by atoms with Gasteiger partial charge in [-0.1, -0.05) is 31.0 Å². The molecule has 0 atom stereocenters. The normalized spacial score (nSPS) is 16.7. The second kappa shape index (κ2) is 6.57. The van der Waals surface area contributed by atoms with Gasteiger partial charge in [0.1, 0.15) is 0 Å². The van der Waals surface area contributed by atoms with Crippen molar-refractivity contribution in [1.82, 2.24) is 10.4 Å². The molecule has 0 aromatic heterocycles. The number of para-hydroxylation sites is 1. The Labute approximate surface area is 115 Å². The summed E-state index contributed by atoms with van der Waals surface area (Å²) in [6, 6.07) is 5.88. The first-order valence-electron chi connectivity index (χ1n) is 7.05. The van der Waals surface area contributed by atoms with Gasteiger partial charge in [-0.05, 0) is 37.8 Å². The average molecular weight is 261 g/mol. The Morgan fingerprint density at radius 1 is 1.05 bits per heavy atom. The third-order valence-corrected chi connectivity index (χ3v) is 3.59. The molecule has 1 aromatic carbocycles. The number of anilines is 1. The molecule has 4 nitrogen and oxygen atoms in total. The van der Waals surface area contributed by atoms with Crippen molar-refractivity contribution >= 4 is 11.7 Å². The number of amides is 2. The number of hydrogen-bond donors (Lipinski definition) is 2. The van der Waals surface area contributed by atoms with Gasteiger partial charge in [0.25, 0.3) is 0 Å². The number of hydrogen-bond acceptors (Lipinski definition) is 2. The lowest BCUT2D eigenvalue weighted by Crippen LogP contribution is -2.45. The van der Waals surface area contributed by atoms with E-state index in [2.05, 4.69) is 10.7 Å². The fourth-order valence-corrected chi connectivity index (χ4v) is 2.48. The van der Waals surface area contributed by atoms with Crippen LogP contribution in [0.1, 0.15) is 36.8 Å². The Balaban J connectivity index is 1.93. The van der Waals surface area contributed by atoms with Gasteiger partial charge in [0.2, 0.25) is 0 Å². The Bertz CT molecular complexity index is 417. The highest BCUT2D eigenvalue weighted by atomic mass is 16.2. The largest absolute Gasteiger partial charge is 0.333 e. The van der Waals surface area contributed by atoms with Crippen LogP contribution in [0.15, 0.2) is 18.2 Å². The van der Waals surface area contributed by atoms with E-state index in [0.717, 1.165) is 42.7 Å². The number of nitrogens with one attached hydrogen (secondary N) is 2. The van der Waals surface area contributed by atoms with E-state index in [-0.39, 0.29) is 6.03 Å². The number of rotatable bonds is 2. The minimum Gasteiger partial charge on any atom is -0.306 e. The van der Waals surface area contributed by atoms with E-state index in [4.69, 9.17) is 0 Å². The van der Waals surface area contributed by atoms with Crippen LogP contribution in [0.3, 0.4) is 0 Å². The maximum absolute atomic E-state index is 12.0. The van der Waals surface area contributed by atoms with Gasteiger partial charge >= 0.3 is 6.03 Å². The summed E-state index contributed by atoms with van der Waals surface area (Å²) in [5.74, 6) is 0. The van der Waals surface area contributed by atoms with E-state index in [1.54, 1.807) is 0 Å². The molecule has 19 heavy (non-hydrogen) atoms. The SMILES string of the molecule is Cc1cccc(C)c1NC(=O)NN1CCCCCC1. The van der Waals surface area contributed by atoms with Crippen LogP contribution in [0.5, 0.6) is 0 Å². The van der Waals surface area contributed by atoms with E-state index in [1.165, 1.54) is 12.8 Å². The van der Waals surface area contributed by atoms with Gasteiger partial charge in [-0.3, -0.25) is 5.43 Å². The quantitative estimate of drug-likeness (QED) is 0.858. The molecule has 2 N–H and O–H groups in total. The molecule has 0 aliphatic carbocycles. The smallest absolute Gasteiger partial charge is 0.306 e. The van der Waals surface area contributed by atoms with Crippen molar-refractivity contribution in [3.63, 3.8) is 0 Å². The first-order chi connectivity index (χ1) is 9.16. The van der Waals surface area contributed by atoms with E-state index >= 15 is 0 Å². The first kappa shape index (κ1) is 13.9. The third-order valence-electron chi connectivity index (χ3n) is 3.59. The van der Waals surface area contributed by atoms with Crippen molar-refractivity contribution in [3.05, 3.63) is 29.3 Å². The van der Waals surface area contributed by atoms with Crippen LogP contribution in [0.25, 0.3) is 0 Å². The summed E-state index contributed by atoms with van der Waals surface area (Å²) < 4.78 is 0. The van der Waals surface area contributed by atoms with Crippen LogP contribution < -0.4 is 10.7 Å². The van der Waals surface area contributed by atoms with Crippen LogP contribution in [0.2, 0.25) is 0 Å². The molecule has 0 saturated carbocycles. The van der Waals surface area contributed by atoms with E-state index in [1.807, 2.05) is 37.1 Å². The van der Waals surface area contributed by atoms with E-state index < -0.39 is 0 Å². The molecule has 1 saturated heterocycles. The average Bonchev–Trinajstić information content (AvgIpc) is 2.63. The van der Waals surface area contributed by atoms with Crippen molar-refractivity contribution in [2.24, 2.45) is 0 Å². The fourth-order valence-electron chi connectivity index (χ4n) is 2.48. The number of benzene rings is 1. The second-order valence-corrected chi connectivity index (χ2v) is 5.23. The molecule has 1 fully saturated rings. The molecule has 0 radical (unpaired) electrons. The monoisotopic (exact) mass is 261 g/mol. The molecule has 1 aliphatic heterocycles. The van der Waals surface area contributed by atoms with Crippen LogP contribution >= 0.6 is 0 Å². The summed E-state index contributed by atoms with van der Waals surface area (Å²) >= 11 is 0. The molecule has 2 rings (SSSR count). The number of carbonyl (C=O) groups is 1. The van der Waals surface area contributed by atoms with E-state index in [0.29, 0.717) is 0 Å². The Morgan fingerprint density at radius 3 is 2.21 bits per heavy atom. The number of carbonyl (C=O) groups excluding carboxylic acids is 1. The Morgan fingerprint density at radius 2 is 1.63 bits per heavy atom. The topological polar surface area (TPSA) is 44.4 Å². The van der Waals surface area contributed by atoms with Gasteiger partial charge in [0.05, 0.1) is 0 Å². The van der Waals surface area contributed by atoms with Gasteiger partial charge in [-0.2, -0.15) is 0 Å². The van der Waals surface area contributed by atoms with Gasteiger partial charge in [0, 0.05) is 18.8 Å². The maximum Gasteiger partial charge on any atom is 0.333 e. The molecule has 0 spiro atoms. The summed E-state index contributed by atoms with van der Waals surface area (Å²) in [6.45, 7) is 5.91. The zero-order valence-electron chi connectivity index (χ0n) is 11.8. The molecular formula is C15H23N3O. The predicted octanol–water partition coefficient (Wildman–Crippen LogP) is 3.22. The Kier molecular flexibility index (Phi) is 4.80. The highest BCUT2D eigenvalue weighted by Gasteiger charge is 2.13. The molecule has 2 amide bonds. The van der Waals surface area contributed by atoms with Gasteiger partial charge in [-0.25, -0.2) is 9.80 Å². The number of urea groups is 1. The van der Waals surface area contributed by atoms with Crippen molar-refractivity contribution in [3.8, 4) is 0 Å². The summed E-state index contributed by atoms with van der Waals surface area (Å²) in [5.41, 5.74) is 6.03. The van der Waals surface area contributed by atoms with Crippen LogP contribution in [0.4, 0.5) is 10.5 Å². The fraction of sp³-hybridized carbons (Fsp3) is 0.533. The standard InChI is InChI=1S/C15H23N3O/c1-12-8-7-9-13(2)14(12)16-15(19)17-18-10-5-3-4-6-11-18/h7-9H,3-6,10-11H2,1-2H3,(H2,16,17,19). The highest BCUT2D eigenvalue weighted by Crippen LogP contribution is 2.19. The molecule has 0 bridgehead atoms. The zero-order valence-corrected chi connectivity index (χ0v) is 11.8. The van der Waals surface area contributed by atoms with Crippen LogP contribution in [-0.4, -0.2) is 24.1 Å². The minimum atomic E-state index is -0.140. The predicted molar refractivity (Wildman–Crippen MR) is 78.1 cm³/mol. The number of nitrogens with zero attached hydrogens (tertiary/aromatic N) is 1. The molecule has 104 valence electrons. The van der Waals surface area contributed by atoms with E-state index in [9.17, 15) is 4.79 Å². The highest BCUT2D eigenvalue weighted by molar-refractivity contribution is 5.90. The molecule has 1 aromatic rings. The van der Waals surface area contributed by atoms with Crippen molar-refractivity contribution < 1.29 is 4.79 Å². The first-order valence-corrected chi connectivity index (χ1v) is 7.05. The number of aryl methyl sites for hydroxylation is 2. The summed E-state index contributed by atoms with van der Waals surface area (Å²) in [4.78, 5) is 12.0. The van der Waals surface area contributed by atoms with Gasteiger partial charge < -0.3 is 5.32 Å². The molecule has 0 unspecified atom stereocenters. The zero-order chi connectivity index (χ0) is 13.7. The van der Waals surface area contributed by atoms with Crippen molar-refractivity contribution in [1.29, 1.82) is 0 Å². The van der Waals surface area contributed by atoms with Gasteiger partial charge in [-0.15, -0.1) is 0 Å². The lowest BCUT2D eigenvalue weighted by Gasteiger charge is -2.21. The van der Waals surface area contributed by atoms with Crippen molar-refractivity contribution in [2.45, 2.75) is 39.5 Å². The van der Waals surface area contributed by atoms with Crippen LogP contribution in [-0.2, 0) is 0 Å². The van der Waals surface area contributed by atoms with Crippen molar-refractivity contribution in [2.75, 3.05) is 18.4 Å². The summed E-state index contributed by atoms with van der Waals surface area (Å²) in [5, 5.41) is 4.98. The number of hydrazine groups is 1. The molecule has 1 aliphatic rings. The van der Waals surface area contributed by atoms with Gasteiger partial charge in [0.15, 0.2) is 0 Å². The summed E-state index contributed by atoms with van der Waals surface area (Å²) in [7, 11) is 0. The lowest BCUT2D eigenvalue weighted by atomic mass is 10.1. The van der Waals surface area contributed by atoms with Crippen LogP contribution in [0, 0.1) is 13.8 Å². The minimum absolute atomic E-state index is 0.140. The Hall–Kier alpha value is -1.55. The lowest BCUT2D eigenvalue weighted by molar-refractivity contribution is 0.190. The molecule has 4 heteroatoms.